The van der Waals surface area contributed by atoms with Crippen molar-refractivity contribution in [3.63, 3.8) is 0 Å². The highest BCUT2D eigenvalue weighted by atomic mass is 35.5. The Bertz CT molecular complexity index is 2160. The molecule has 8 nitrogen and oxygen atoms in total. The maximum Gasteiger partial charge on any atom is 0.267 e. The minimum absolute atomic E-state index is 0.122. The first-order chi connectivity index (χ1) is 22.6. The van der Waals surface area contributed by atoms with Gasteiger partial charge in [0, 0.05) is 16.3 Å². The van der Waals surface area contributed by atoms with Crippen molar-refractivity contribution >= 4 is 27.3 Å². The average Bonchev–Trinajstić information content (AvgIpc) is 3.49. The Labute approximate surface area is 275 Å². The lowest BCUT2D eigenvalue weighted by atomic mass is 10.0. The third kappa shape index (κ3) is 7.01. The molecule has 2 aromatic heterocycles. The summed E-state index contributed by atoms with van der Waals surface area (Å²) in [7, 11) is -4.71. The second-order valence-corrected chi connectivity index (χ2v) is 13.0. The average molecular weight is 672 g/mol. The lowest BCUT2D eigenvalue weighted by molar-refractivity contribution is 0.482. The third-order valence-corrected chi connectivity index (χ3v) is 9.63. The van der Waals surface area contributed by atoms with Crippen LogP contribution in [0.5, 0.6) is 11.5 Å². The molecule has 6 rings (SSSR count). The number of nitrogens with zero attached hydrogens (tertiary/aromatic N) is 5. The van der Waals surface area contributed by atoms with E-state index in [1.807, 2.05) is 43.3 Å². The molecule has 47 heavy (non-hydrogen) atoms. The van der Waals surface area contributed by atoms with Crippen molar-refractivity contribution in [3.8, 4) is 22.6 Å². The zero-order valence-electron chi connectivity index (χ0n) is 25.3. The molecule has 0 aliphatic rings. The fraction of sp³-hybridized carbons (Fsp3) is 0.114. The van der Waals surface area contributed by atoms with Crippen LogP contribution in [0.3, 0.4) is 0 Å². The number of aromatic nitrogens is 4. The van der Waals surface area contributed by atoms with Gasteiger partial charge in [0.15, 0.2) is 5.82 Å². The number of pyridine rings is 1. The molecule has 0 bridgehead atoms. The lowest BCUT2D eigenvalue weighted by Gasteiger charge is -2.25. The van der Waals surface area contributed by atoms with Crippen LogP contribution in [0.15, 0.2) is 114 Å². The molecular formula is C35H28ClF2N5O3S. The molecule has 0 aliphatic heterocycles. The van der Waals surface area contributed by atoms with E-state index in [9.17, 15) is 8.42 Å². The molecule has 0 spiro atoms. The number of benzene rings is 4. The van der Waals surface area contributed by atoms with E-state index in [4.69, 9.17) is 16.3 Å². The van der Waals surface area contributed by atoms with E-state index < -0.39 is 26.6 Å². The van der Waals surface area contributed by atoms with Crippen molar-refractivity contribution in [2.75, 3.05) is 4.31 Å². The zero-order valence-corrected chi connectivity index (χ0v) is 26.9. The molecule has 0 fully saturated rings. The molecule has 0 unspecified atom stereocenters. The molecule has 0 saturated heterocycles. The van der Waals surface area contributed by atoms with Gasteiger partial charge in [-0.25, -0.2) is 17.2 Å². The van der Waals surface area contributed by atoms with Gasteiger partial charge in [-0.2, -0.15) is 0 Å². The van der Waals surface area contributed by atoms with Gasteiger partial charge >= 0.3 is 0 Å². The summed E-state index contributed by atoms with van der Waals surface area (Å²) in [6.07, 6.45) is 1.46. The summed E-state index contributed by atoms with van der Waals surface area (Å²) in [6.45, 7) is 3.57. The van der Waals surface area contributed by atoms with Gasteiger partial charge in [0.05, 0.1) is 24.5 Å². The summed E-state index contributed by atoms with van der Waals surface area (Å²) < 4.78 is 68.4. The molecular weight excluding hydrogens is 644 g/mol. The van der Waals surface area contributed by atoms with Crippen LogP contribution in [0.1, 0.15) is 22.8 Å². The largest absolute Gasteiger partial charge is 0.457 e. The van der Waals surface area contributed by atoms with Crippen LogP contribution in [0.25, 0.3) is 11.1 Å². The molecule has 2 heterocycles. The summed E-state index contributed by atoms with van der Waals surface area (Å²) in [5.74, 6) is -0.754. The number of sulfonamides is 1. The molecule has 0 radical (unpaired) electrons. The Morgan fingerprint density at radius 2 is 1.60 bits per heavy atom. The quantitative estimate of drug-likeness (QED) is 0.146. The SMILES string of the molecule is Cc1cccc(Cn2cnnc2CN(c2ccc(Oc3ccccc3)cc2)S(=O)(=O)c2cc(F)c(-c3ccc(C)c(Cl)c3)cc2F)n1. The normalized spacial score (nSPS) is 11.4. The minimum Gasteiger partial charge on any atom is -0.457 e. The molecule has 238 valence electrons. The number of para-hydroxylation sites is 1. The Morgan fingerprint density at radius 3 is 2.32 bits per heavy atom. The Balaban J connectivity index is 1.39. The lowest BCUT2D eigenvalue weighted by Crippen LogP contribution is -2.32. The maximum absolute atomic E-state index is 15.8. The van der Waals surface area contributed by atoms with E-state index in [2.05, 4.69) is 15.2 Å². The highest BCUT2D eigenvalue weighted by Crippen LogP contribution is 2.34. The predicted molar refractivity (Wildman–Crippen MR) is 176 cm³/mol. The predicted octanol–water partition coefficient (Wildman–Crippen LogP) is 8.12. The topological polar surface area (TPSA) is 90.2 Å². The fourth-order valence-electron chi connectivity index (χ4n) is 4.97. The van der Waals surface area contributed by atoms with Gasteiger partial charge in [-0.3, -0.25) is 9.29 Å². The van der Waals surface area contributed by atoms with Gasteiger partial charge in [0.1, 0.15) is 34.4 Å². The van der Waals surface area contributed by atoms with Crippen LogP contribution in [-0.4, -0.2) is 28.2 Å². The van der Waals surface area contributed by atoms with Gasteiger partial charge in [0.2, 0.25) is 0 Å². The van der Waals surface area contributed by atoms with Crippen LogP contribution in [0.4, 0.5) is 14.5 Å². The van der Waals surface area contributed by atoms with E-state index in [1.54, 1.807) is 47.9 Å². The van der Waals surface area contributed by atoms with Gasteiger partial charge in [-0.1, -0.05) is 48.0 Å². The van der Waals surface area contributed by atoms with Crippen LogP contribution >= 0.6 is 11.6 Å². The molecule has 0 atom stereocenters. The van der Waals surface area contributed by atoms with Crippen molar-refractivity contribution in [2.24, 2.45) is 0 Å². The Morgan fingerprint density at radius 1 is 0.851 bits per heavy atom. The fourth-order valence-corrected chi connectivity index (χ4v) is 6.63. The van der Waals surface area contributed by atoms with Crippen LogP contribution < -0.4 is 9.04 Å². The molecule has 4 aromatic carbocycles. The van der Waals surface area contributed by atoms with Crippen LogP contribution in [0.2, 0.25) is 5.02 Å². The highest BCUT2D eigenvalue weighted by molar-refractivity contribution is 7.92. The van der Waals surface area contributed by atoms with Crippen molar-refractivity contribution < 1.29 is 21.9 Å². The minimum atomic E-state index is -4.71. The standard InChI is InChI=1S/C35H28ClF2N5O3S/c1-23-11-12-25(17-31(23)36)30-18-33(38)34(19-32(30)37)47(44,45)43(27-13-15-29(16-14-27)46-28-9-4-3-5-10-28)21-35-41-39-22-42(35)20-26-8-6-7-24(2)40-26/h3-19,22H,20-21H2,1-2H3. The number of ether oxygens (including phenoxy) is 1. The van der Waals surface area contributed by atoms with Gasteiger partial charge in [-0.05, 0) is 91.7 Å². The number of aryl methyl sites for hydroxylation is 2. The second kappa shape index (κ2) is 13.3. The highest BCUT2D eigenvalue weighted by Gasteiger charge is 2.31. The first kappa shape index (κ1) is 31.8. The summed E-state index contributed by atoms with van der Waals surface area (Å²) >= 11 is 6.22. The molecule has 0 saturated carbocycles. The van der Waals surface area contributed by atoms with Gasteiger partial charge in [-0.15, -0.1) is 10.2 Å². The number of hydrogen-bond acceptors (Lipinski definition) is 6. The number of anilines is 1. The van der Waals surface area contributed by atoms with E-state index in [0.717, 1.165) is 21.6 Å². The summed E-state index contributed by atoms with van der Waals surface area (Å²) in [4.78, 5) is 3.67. The summed E-state index contributed by atoms with van der Waals surface area (Å²) in [6, 6.07) is 27.2. The Hall–Kier alpha value is -5.13. The van der Waals surface area contributed by atoms with E-state index in [0.29, 0.717) is 33.8 Å². The van der Waals surface area contributed by atoms with Crippen molar-refractivity contribution in [3.05, 3.63) is 149 Å². The van der Waals surface area contributed by atoms with Crippen molar-refractivity contribution in [1.82, 2.24) is 19.7 Å². The van der Waals surface area contributed by atoms with Crippen LogP contribution in [0, 0.1) is 25.5 Å². The number of halogens is 3. The van der Waals surface area contributed by atoms with E-state index in [-0.39, 0.29) is 30.2 Å². The van der Waals surface area contributed by atoms with Gasteiger partial charge < -0.3 is 9.30 Å². The maximum atomic E-state index is 15.8. The first-order valence-electron chi connectivity index (χ1n) is 14.5. The third-order valence-electron chi connectivity index (χ3n) is 7.44. The van der Waals surface area contributed by atoms with Gasteiger partial charge in [0.25, 0.3) is 10.0 Å². The van der Waals surface area contributed by atoms with E-state index in [1.165, 1.54) is 24.5 Å². The molecule has 0 N–H and O–H groups in total. The summed E-state index contributed by atoms with van der Waals surface area (Å²) in [5.41, 5.74) is 2.64. The molecule has 0 amide bonds. The summed E-state index contributed by atoms with van der Waals surface area (Å²) in [5, 5.41) is 8.53. The second-order valence-electron chi connectivity index (χ2n) is 10.8. The van der Waals surface area contributed by atoms with Crippen molar-refractivity contribution in [1.29, 1.82) is 0 Å². The molecule has 0 aliphatic carbocycles. The first-order valence-corrected chi connectivity index (χ1v) is 16.3. The Kier molecular flexibility index (Phi) is 9.01. The number of hydrogen-bond donors (Lipinski definition) is 0. The van der Waals surface area contributed by atoms with Crippen LogP contribution in [-0.2, 0) is 23.1 Å². The zero-order chi connectivity index (χ0) is 33.1. The monoisotopic (exact) mass is 671 g/mol. The smallest absolute Gasteiger partial charge is 0.267 e. The molecule has 6 aromatic rings. The van der Waals surface area contributed by atoms with E-state index >= 15 is 8.78 Å². The molecule has 12 heteroatoms. The number of rotatable bonds is 10. The van der Waals surface area contributed by atoms with Crippen molar-refractivity contribution in [2.45, 2.75) is 31.8 Å².